The van der Waals surface area contributed by atoms with Crippen LogP contribution in [-0.4, -0.2) is 18.2 Å². The van der Waals surface area contributed by atoms with Crippen molar-refractivity contribution in [3.8, 4) is 22.6 Å². The third kappa shape index (κ3) is 1.78. The molecule has 0 amide bonds. The molecular formula is C13H12N2O2. The van der Waals surface area contributed by atoms with E-state index in [0.717, 1.165) is 22.6 Å². The number of hydrogen-bond acceptors (Lipinski definition) is 4. The van der Waals surface area contributed by atoms with Crippen LogP contribution in [0.1, 0.15) is 0 Å². The van der Waals surface area contributed by atoms with Gasteiger partial charge in [-0.25, -0.2) is 0 Å². The molecule has 1 aromatic heterocycles. The van der Waals surface area contributed by atoms with Gasteiger partial charge in [-0.1, -0.05) is 6.07 Å². The summed E-state index contributed by atoms with van der Waals surface area (Å²) in [6, 6.07) is 7.71. The molecular weight excluding hydrogens is 216 g/mol. The lowest BCUT2D eigenvalue weighted by Crippen LogP contribution is -2.15. The summed E-state index contributed by atoms with van der Waals surface area (Å²) in [4.78, 5) is 3.98. The Morgan fingerprint density at radius 2 is 1.88 bits per heavy atom. The van der Waals surface area contributed by atoms with Crippen molar-refractivity contribution in [1.29, 1.82) is 0 Å². The van der Waals surface area contributed by atoms with Gasteiger partial charge in [0.05, 0.1) is 11.9 Å². The Hall–Kier alpha value is -2.23. The second-order valence-electron chi connectivity index (χ2n) is 3.82. The molecule has 0 radical (unpaired) electrons. The van der Waals surface area contributed by atoms with Crippen molar-refractivity contribution >= 4 is 5.69 Å². The molecule has 1 aromatic carbocycles. The van der Waals surface area contributed by atoms with E-state index in [9.17, 15) is 0 Å². The maximum atomic E-state index is 5.89. The number of nitrogens with zero attached hydrogens (tertiary/aromatic N) is 1. The molecule has 2 aromatic rings. The number of aromatic nitrogens is 1. The highest BCUT2D eigenvalue weighted by atomic mass is 16.6. The number of hydrogen-bond donors (Lipinski definition) is 1. The third-order valence-corrected chi connectivity index (χ3v) is 2.71. The van der Waals surface area contributed by atoms with E-state index in [2.05, 4.69) is 4.98 Å². The van der Waals surface area contributed by atoms with E-state index in [0.29, 0.717) is 18.9 Å². The van der Waals surface area contributed by atoms with Gasteiger partial charge < -0.3 is 15.2 Å². The molecule has 2 heterocycles. The smallest absolute Gasteiger partial charge is 0.161 e. The third-order valence-electron chi connectivity index (χ3n) is 2.71. The molecule has 17 heavy (non-hydrogen) atoms. The van der Waals surface area contributed by atoms with Crippen LogP contribution in [0.25, 0.3) is 11.1 Å². The molecule has 0 fully saturated rings. The number of rotatable bonds is 1. The highest BCUT2D eigenvalue weighted by Crippen LogP contribution is 2.35. The van der Waals surface area contributed by atoms with Crippen LogP contribution in [0, 0.1) is 0 Å². The number of nitrogen functional groups attached to an aromatic ring is 1. The predicted octanol–water partition coefficient (Wildman–Crippen LogP) is 2.10. The first kappa shape index (κ1) is 9.96. The molecule has 1 aliphatic rings. The highest BCUT2D eigenvalue weighted by molar-refractivity contribution is 5.77. The fraction of sp³-hybridized carbons (Fsp3) is 0.154. The van der Waals surface area contributed by atoms with Crippen LogP contribution in [-0.2, 0) is 0 Å². The van der Waals surface area contributed by atoms with Gasteiger partial charge in [0, 0.05) is 11.8 Å². The Balaban J connectivity index is 2.07. The minimum absolute atomic E-state index is 0.586. The highest BCUT2D eigenvalue weighted by Gasteiger charge is 2.13. The number of benzene rings is 1. The first-order chi connectivity index (χ1) is 8.34. The summed E-state index contributed by atoms with van der Waals surface area (Å²) in [6.45, 7) is 1.19. The number of pyridine rings is 1. The minimum atomic E-state index is 0.586. The van der Waals surface area contributed by atoms with Gasteiger partial charge in [0.25, 0.3) is 0 Å². The Kier molecular flexibility index (Phi) is 2.33. The van der Waals surface area contributed by atoms with E-state index in [1.165, 1.54) is 0 Å². The number of anilines is 1. The average Bonchev–Trinajstić information content (AvgIpc) is 2.39. The van der Waals surface area contributed by atoms with Crippen LogP contribution in [0.3, 0.4) is 0 Å². The summed E-state index contributed by atoms with van der Waals surface area (Å²) in [7, 11) is 0. The van der Waals surface area contributed by atoms with Crippen molar-refractivity contribution < 1.29 is 9.47 Å². The van der Waals surface area contributed by atoms with Gasteiger partial charge in [-0.2, -0.15) is 0 Å². The van der Waals surface area contributed by atoms with Crippen LogP contribution >= 0.6 is 0 Å². The number of ether oxygens (including phenoxy) is 2. The van der Waals surface area contributed by atoms with Gasteiger partial charge in [0.1, 0.15) is 13.2 Å². The zero-order chi connectivity index (χ0) is 11.7. The molecule has 86 valence electrons. The molecule has 0 spiro atoms. The summed E-state index contributed by atoms with van der Waals surface area (Å²) >= 11 is 0. The Morgan fingerprint density at radius 3 is 2.71 bits per heavy atom. The van der Waals surface area contributed by atoms with Crippen molar-refractivity contribution in [1.82, 2.24) is 4.98 Å². The molecule has 1 aliphatic heterocycles. The SMILES string of the molecule is Nc1cnccc1-c1ccc2c(c1)OCCO2. The van der Waals surface area contributed by atoms with E-state index in [1.807, 2.05) is 24.3 Å². The molecule has 0 atom stereocenters. The monoisotopic (exact) mass is 228 g/mol. The van der Waals surface area contributed by atoms with E-state index in [1.54, 1.807) is 12.4 Å². The van der Waals surface area contributed by atoms with E-state index in [4.69, 9.17) is 15.2 Å². The Bertz CT molecular complexity index is 555. The van der Waals surface area contributed by atoms with Gasteiger partial charge >= 0.3 is 0 Å². The molecule has 0 unspecified atom stereocenters. The summed E-state index contributed by atoms with van der Waals surface area (Å²) < 4.78 is 11.0. The lowest BCUT2D eigenvalue weighted by molar-refractivity contribution is 0.171. The molecule has 3 rings (SSSR count). The quantitative estimate of drug-likeness (QED) is 0.812. The van der Waals surface area contributed by atoms with Gasteiger partial charge in [0.2, 0.25) is 0 Å². The molecule has 4 heteroatoms. The summed E-state index contributed by atoms with van der Waals surface area (Å²) in [6.07, 6.45) is 3.37. The molecule has 2 N–H and O–H groups in total. The van der Waals surface area contributed by atoms with E-state index in [-0.39, 0.29) is 0 Å². The van der Waals surface area contributed by atoms with Crippen molar-refractivity contribution in [2.45, 2.75) is 0 Å². The summed E-state index contributed by atoms with van der Waals surface area (Å²) in [5, 5.41) is 0. The van der Waals surface area contributed by atoms with Gasteiger partial charge in [-0.05, 0) is 23.8 Å². The van der Waals surface area contributed by atoms with Gasteiger partial charge in [-0.3, -0.25) is 4.98 Å². The molecule has 0 saturated carbocycles. The van der Waals surface area contributed by atoms with Crippen molar-refractivity contribution in [2.24, 2.45) is 0 Å². The van der Waals surface area contributed by atoms with Crippen LogP contribution in [0.2, 0.25) is 0 Å². The van der Waals surface area contributed by atoms with Crippen LogP contribution in [0.15, 0.2) is 36.7 Å². The predicted molar refractivity (Wildman–Crippen MR) is 65.1 cm³/mol. The number of fused-ring (bicyclic) bond motifs is 1. The van der Waals surface area contributed by atoms with Crippen molar-refractivity contribution in [2.75, 3.05) is 18.9 Å². The fourth-order valence-corrected chi connectivity index (χ4v) is 1.88. The molecule has 0 bridgehead atoms. The lowest BCUT2D eigenvalue weighted by atomic mass is 10.0. The molecule has 4 nitrogen and oxygen atoms in total. The van der Waals surface area contributed by atoms with Crippen molar-refractivity contribution in [3.05, 3.63) is 36.7 Å². The normalized spacial score (nSPS) is 13.4. The maximum Gasteiger partial charge on any atom is 0.161 e. The lowest BCUT2D eigenvalue weighted by Gasteiger charge is -2.19. The summed E-state index contributed by atoms with van der Waals surface area (Å²) in [5.74, 6) is 1.55. The molecule has 0 saturated heterocycles. The van der Waals surface area contributed by atoms with Crippen LogP contribution < -0.4 is 15.2 Å². The van der Waals surface area contributed by atoms with E-state index >= 15 is 0 Å². The summed E-state index contributed by atoms with van der Waals surface area (Å²) in [5.41, 5.74) is 8.51. The van der Waals surface area contributed by atoms with Gasteiger partial charge in [0.15, 0.2) is 11.5 Å². The van der Waals surface area contributed by atoms with Crippen LogP contribution in [0.5, 0.6) is 11.5 Å². The largest absolute Gasteiger partial charge is 0.486 e. The number of nitrogens with two attached hydrogens (primary N) is 1. The zero-order valence-corrected chi connectivity index (χ0v) is 9.22. The second kappa shape index (κ2) is 3.97. The van der Waals surface area contributed by atoms with Gasteiger partial charge in [-0.15, -0.1) is 0 Å². The minimum Gasteiger partial charge on any atom is -0.486 e. The Labute approximate surface area is 99.0 Å². The molecule has 0 aliphatic carbocycles. The zero-order valence-electron chi connectivity index (χ0n) is 9.22. The average molecular weight is 228 g/mol. The van der Waals surface area contributed by atoms with Crippen molar-refractivity contribution in [3.63, 3.8) is 0 Å². The van der Waals surface area contributed by atoms with Crippen LogP contribution in [0.4, 0.5) is 5.69 Å². The Morgan fingerprint density at radius 1 is 1.06 bits per heavy atom. The standard InChI is InChI=1S/C13H12N2O2/c14-11-8-15-4-3-10(11)9-1-2-12-13(7-9)17-6-5-16-12/h1-4,7-8H,5-6,14H2. The first-order valence-corrected chi connectivity index (χ1v) is 5.44. The fourth-order valence-electron chi connectivity index (χ4n) is 1.88. The topological polar surface area (TPSA) is 57.4 Å². The second-order valence-corrected chi connectivity index (χ2v) is 3.82. The maximum absolute atomic E-state index is 5.89. The van der Waals surface area contributed by atoms with E-state index < -0.39 is 0 Å². The first-order valence-electron chi connectivity index (χ1n) is 5.44.